The molecule has 2 aromatic rings. The zero-order valence-corrected chi connectivity index (χ0v) is 15.4. The Morgan fingerprint density at radius 3 is 1.00 bits per heavy atom. The van der Waals surface area contributed by atoms with Gasteiger partial charge >= 0.3 is 24.7 Å². The van der Waals surface area contributed by atoms with Crippen LogP contribution in [0.25, 0.3) is 0 Å². The summed E-state index contributed by atoms with van der Waals surface area (Å²) in [6.07, 6.45) is -26.0. The average molecular weight is 502 g/mol. The molecule has 4 nitrogen and oxygen atoms in total. The van der Waals surface area contributed by atoms with Crippen molar-refractivity contribution in [3.63, 3.8) is 0 Å². The van der Waals surface area contributed by atoms with Crippen LogP contribution in [0.4, 0.5) is 64.1 Å². The van der Waals surface area contributed by atoms with Gasteiger partial charge in [-0.2, -0.15) is 52.7 Å². The number of phenolic OH excluding ortho intramolecular Hbond substituents is 2. The van der Waals surface area contributed by atoms with E-state index in [0.29, 0.717) is 0 Å². The molecule has 0 aliphatic rings. The Kier molecular flexibility index (Phi) is 5.85. The summed E-state index contributed by atoms with van der Waals surface area (Å²) in [5, 5.41) is 18.7. The van der Waals surface area contributed by atoms with Gasteiger partial charge in [0.1, 0.15) is 11.5 Å². The van der Waals surface area contributed by atoms with Crippen molar-refractivity contribution < 1.29 is 62.9 Å². The Labute approximate surface area is 175 Å². The topological polar surface area (TPSA) is 92.5 Å². The molecule has 16 heteroatoms. The third kappa shape index (κ3) is 3.90. The van der Waals surface area contributed by atoms with Gasteiger partial charge in [-0.25, -0.2) is 0 Å². The van der Waals surface area contributed by atoms with Crippen LogP contribution in [0.3, 0.4) is 0 Å². The van der Waals surface area contributed by atoms with Gasteiger partial charge < -0.3 is 21.7 Å². The van der Waals surface area contributed by atoms with E-state index in [9.17, 15) is 62.9 Å². The molecule has 0 fully saturated rings. The lowest BCUT2D eigenvalue weighted by atomic mass is 9.68. The van der Waals surface area contributed by atoms with Crippen LogP contribution >= 0.6 is 0 Å². The lowest BCUT2D eigenvalue weighted by Crippen LogP contribution is -2.56. The monoisotopic (exact) mass is 502 g/mol. The molecule has 0 saturated carbocycles. The molecular formula is C17H10F12N2O2. The van der Waals surface area contributed by atoms with E-state index in [1.165, 1.54) is 0 Å². The van der Waals surface area contributed by atoms with Crippen molar-refractivity contribution in [1.82, 2.24) is 0 Å². The van der Waals surface area contributed by atoms with Gasteiger partial charge in [0.05, 0.1) is 22.5 Å². The number of nitrogens with two attached hydrogens (primary N) is 2. The Balaban J connectivity index is 3.37. The molecule has 33 heavy (non-hydrogen) atoms. The van der Waals surface area contributed by atoms with E-state index < -0.39 is 87.4 Å². The van der Waals surface area contributed by atoms with E-state index in [-0.39, 0.29) is 12.1 Å². The van der Waals surface area contributed by atoms with Crippen LogP contribution < -0.4 is 11.5 Å². The highest BCUT2D eigenvalue weighted by molar-refractivity contribution is 5.69. The van der Waals surface area contributed by atoms with Crippen LogP contribution in [-0.4, -0.2) is 22.6 Å². The van der Waals surface area contributed by atoms with Gasteiger partial charge in [0.15, 0.2) is 0 Å². The molecule has 0 aliphatic heterocycles. The lowest BCUT2D eigenvalue weighted by Gasteiger charge is -2.41. The first kappa shape index (κ1) is 26.1. The molecule has 0 aromatic heterocycles. The minimum Gasteiger partial charge on any atom is -0.506 e. The minimum atomic E-state index is -6.90. The van der Waals surface area contributed by atoms with Crippen LogP contribution in [0.2, 0.25) is 0 Å². The predicted molar refractivity (Wildman–Crippen MR) is 87.9 cm³/mol. The first-order chi connectivity index (χ1) is 14.6. The quantitative estimate of drug-likeness (QED) is 0.241. The second-order valence-corrected chi connectivity index (χ2v) is 6.58. The molecule has 0 radical (unpaired) electrons. The molecule has 0 aliphatic carbocycles. The van der Waals surface area contributed by atoms with Gasteiger partial charge in [-0.05, 0) is 23.3 Å². The zero-order valence-electron chi connectivity index (χ0n) is 15.4. The highest BCUT2D eigenvalue weighted by Gasteiger charge is 2.75. The summed E-state index contributed by atoms with van der Waals surface area (Å²) in [5.74, 6) is -3.16. The number of aromatic hydroxyl groups is 2. The van der Waals surface area contributed by atoms with Crippen LogP contribution in [-0.2, 0) is 17.8 Å². The Bertz CT molecular complexity index is 983. The Hall–Kier alpha value is -3.20. The van der Waals surface area contributed by atoms with Gasteiger partial charge in [-0.1, -0.05) is 12.1 Å². The van der Waals surface area contributed by atoms with Crippen molar-refractivity contribution in [2.45, 2.75) is 30.1 Å². The maximum absolute atomic E-state index is 14.2. The molecular weight excluding hydrogens is 492 g/mol. The van der Waals surface area contributed by atoms with Gasteiger partial charge in [-0.15, -0.1) is 0 Å². The second-order valence-electron chi connectivity index (χ2n) is 6.58. The molecule has 0 heterocycles. The van der Waals surface area contributed by atoms with Crippen molar-refractivity contribution in [2.24, 2.45) is 0 Å². The van der Waals surface area contributed by atoms with Crippen molar-refractivity contribution in [3.8, 4) is 11.5 Å². The fraction of sp³-hybridized carbons (Fsp3) is 0.294. The molecule has 0 amide bonds. The predicted octanol–water partition coefficient (Wildman–Crippen LogP) is 5.71. The summed E-state index contributed by atoms with van der Waals surface area (Å²) in [4.78, 5) is 0. The van der Waals surface area contributed by atoms with Crippen molar-refractivity contribution in [3.05, 3.63) is 46.5 Å². The molecule has 0 bridgehead atoms. The lowest BCUT2D eigenvalue weighted by molar-refractivity contribution is -0.290. The number of phenols is 2. The number of benzene rings is 2. The van der Waals surface area contributed by atoms with E-state index in [0.717, 1.165) is 0 Å². The van der Waals surface area contributed by atoms with Crippen molar-refractivity contribution in [2.75, 3.05) is 11.5 Å². The van der Waals surface area contributed by atoms with E-state index in [1.54, 1.807) is 0 Å². The Morgan fingerprint density at radius 1 is 0.515 bits per heavy atom. The minimum absolute atomic E-state index is 0.0663. The normalized spacial score (nSPS) is 13.9. The van der Waals surface area contributed by atoms with Gasteiger partial charge in [-0.3, -0.25) is 0 Å². The van der Waals surface area contributed by atoms with Crippen LogP contribution in [0.1, 0.15) is 22.3 Å². The number of halogens is 12. The highest BCUT2D eigenvalue weighted by atomic mass is 19.4. The molecule has 2 rings (SSSR count). The van der Waals surface area contributed by atoms with Crippen LogP contribution in [0.15, 0.2) is 24.3 Å². The maximum atomic E-state index is 14.2. The summed E-state index contributed by atoms with van der Waals surface area (Å²) in [6, 6.07) is -1.11. The first-order valence-electron chi connectivity index (χ1n) is 8.11. The largest absolute Gasteiger partial charge is 0.506 e. The first-order valence-corrected chi connectivity index (χ1v) is 8.11. The average Bonchev–Trinajstić information content (AvgIpc) is 2.56. The number of rotatable bonds is 2. The highest BCUT2D eigenvalue weighted by Crippen LogP contribution is 2.62. The molecule has 184 valence electrons. The fourth-order valence-corrected chi connectivity index (χ4v) is 3.37. The standard InChI is InChI=1S/C17H10F12N2O2/c18-14(19,20)9-5(1-3-7(32)11(9)30)13(16(24,25)26,17(27,28)29)6-2-4-8(33)12(31)10(6)15(21,22)23/h1-4,32-33H,30-31H2. The fourth-order valence-electron chi connectivity index (χ4n) is 3.37. The van der Waals surface area contributed by atoms with E-state index in [4.69, 9.17) is 11.5 Å². The summed E-state index contributed by atoms with van der Waals surface area (Å²) in [6.45, 7) is 0. The van der Waals surface area contributed by atoms with Gasteiger partial charge in [0, 0.05) is 0 Å². The third-order valence-electron chi connectivity index (χ3n) is 4.67. The second kappa shape index (κ2) is 7.41. The SMILES string of the molecule is Nc1c(O)ccc(C(c2ccc(O)c(N)c2C(F)(F)F)(C(F)(F)F)C(F)(F)F)c1C(F)(F)F. The number of nitrogen functional groups attached to an aromatic ring is 2. The smallest absolute Gasteiger partial charge is 0.418 e. The number of alkyl halides is 12. The van der Waals surface area contributed by atoms with Gasteiger partial charge in [0.2, 0.25) is 5.41 Å². The van der Waals surface area contributed by atoms with Gasteiger partial charge in [0.25, 0.3) is 0 Å². The van der Waals surface area contributed by atoms with E-state index >= 15 is 0 Å². The third-order valence-corrected chi connectivity index (χ3v) is 4.67. The molecule has 0 spiro atoms. The molecule has 0 saturated heterocycles. The summed E-state index contributed by atoms with van der Waals surface area (Å²) >= 11 is 0. The summed E-state index contributed by atoms with van der Waals surface area (Å²) in [7, 11) is 0. The molecule has 2 aromatic carbocycles. The van der Waals surface area contributed by atoms with Crippen molar-refractivity contribution in [1.29, 1.82) is 0 Å². The van der Waals surface area contributed by atoms with E-state index in [1.807, 2.05) is 0 Å². The maximum Gasteiger partial charge on any atom is 0.418 e. The zero-order chi connectivity index (χ0) is 25.9. The summed E-state index contributed by atoms with van der Waals surface area (Å²) < 4.78 is 167. The number of anilines is 2. The Morgan fingerprint density at radius 2 is 0.788 bits per heavy atom. The summed E-state index contributed by atoms with van der Waals surface area (Å²) in [5.41, 5.74) is -11.5. The van der Waals surface area contributed by atoms with E-state index in [2.05, 4.69) is 0 Å². The number of hydrogen-bond donors (Lipinski definition) is 4. The van der Waals surface area contributed by atoms with Crippen molar-refractivity contribution >= 4 is 11.4 Å². The molecule has 0 unspecified atom stereocenters. The molecule has 0 atom stereocenters. The number of hydrogen-bond acceptors (Lipinski definition) is 4. The van der Waals surface area contributed by atoms with Crippen LogP contribution in [0, 0.1) is 0 Å². The van der Waals surface area contributed by atoms with Crippen LogP contribution in [0.5, 0.6) is 11.5 Å². The molecule has 6 N–H and O–H groups in total.